The van der Waals surface area contributed by atoms with Gasteiger partial charge in [0.1, 0.15) is 6.10 Å². The van der Waals surface area contributed by atoms with Gasteiger partial charge in [-0.15, -0.1) is 0 Å². The molecule has 8 heteroatoms. The summed E-state index contributed by atoms with van der Waals surface area (Å²) in [6.07, 6.45) is 1.34. The molecule has 2 aromatic carbocycles. The van der Waals surface area contributed by atoms with E-state index in [4.69, 9.17) is 9.47 Å². The highest BCUT2D eigenvalue weighted by atomic mass is 32.2. The van der Waals surface area contributed by atoms with E-state index in [1.54, 1.807) is 31.2 Å². The average molecular weight is 417 g/mol. The van der Waals surface area contributed by atoms with Crippen molar-refractivity contribution in [3.63, 3.8) is 0 Å². The van der Waals surface area contributed by atoms with Crippen LogP contribution in [0.25, 0.3) is 0 Å². The molecule has 1 aliphatic carbocycles. The SMILES string of the molecule is Cc1ccc(S(=O)(=O)NC(Oc2cccc3c2OC2CCCC32)C(=O)O)c(C)c1. The fourth-order valence-corrected chi connectivity index (χ4v) is 5.46. The van der Waals surface area contributed by atoms with Crippen molar-refractivity contribution in [3.8, 4) is 11.5 Å². The van der Waals surface area contributed by atoms with E-state index in [2.05, 4.69) is 4.72 Å². The number of hydrogen-bond donors (Lipinski definition) is 2. The number of para-hydroxylation sites is 1. The first-order chi connectivity index (χ1) is 13.8. The van der Waals surface area contributed by atoms with Crippen molar-refractivity contribution in [3.05, 3.63) is 53.1 Å². The predicted molar refractivity (Wildman–Crippen MR) is 106 cm³/mol. The van der Waals surface area contributed by atoms with Crippen LogP contribution in [-0.4, -0.2) is 31.8 Å². The summed E-state index contributed by atoms with van der Waals surface area (Å²) in [6.45, 7) is 3.51. The average Bonchev–Trinajstić information content (AvgIpc) is 3.22. The molecule has 1 heterocycles. The molecule has 1 aliphatic heterocycles. The van der Waals surface area contributed by atoms with Crippen molar-refractivity contribution in [1.29, 1.82) is 0 Å². The lowest BCUT2D eigenvalue weighted by molar-refractivity contribution is -0.145. The first kappa shape index (κ1) is 19.7. The van der Waals surface area contributed by atoms with Crippen molar-refractivity contribution in [2.45, 2.75) is 56.3 Å². The van der Waals surface area contributed by atoms with E-state index in [9.17, 15) is 18.3 Å². The van der Waals surface area contributed by atoms with Crippen molar-refractivity contribution in [2.75, 3.05) is 0 Å². The molecule has 2 aromatic rings. The molecule has 29 heavy (non-hydrogen) atoms. The minimum absolute atomic E-state index is 0.0158. The Morgan fingerprint density at radius 1 is 1.24 bits per heavy atom. The molecular weight excluding hydrogens is 394 g/mol. The maximum atomic E-state index is 12.8. The molecule has 154 valence electrons. The third kappa shape index (κ3) is 3.70. The van der Waals surface area contributed by atoms with Crippen LogP contribution >= 0.6 is 0 Å². The van der Waals surface area contributed by atoms with E-state index in [1.165, 1.54) is 6.07 Å². The van der Waals surface area contributed by atoms with Gasteiger partial charge >= 0.3 is 5.97 Å². The van der Waals surface area contributed by atoms with Gasteiger partial charge in [0.2, 0.25) is 10.0 Å². The lowest BCUT2D eigenvalue weighted by atomic mass is 9.97. The standard InChI is InChI=1S/C21H23NO6S/c1-12-9-10-18(13(2)11-12)29(25,26)22-20(21(23)24)28-17-8-4-6-15-14-5-3-7-16(14)27-19(15)17/h4,6,8-11,14,16,20,22H,3,5,7H2,1-2H3,(H,23,24). The quantitative estimate of drug-likeness (QED) is 0.701. The van der Waals surface area contributed by atoms with Gasteiger partial charge in [-0.3, -0.25) is 0 Å². The zero-order chi connectivity index (χ0) is 20.8. The zero-order valence-electron chi connectivity index (χ0n) is 16.2. The van der Waals surface area contributed by atoms with Crippen LogP contribution in [0.1, 0.15) is 41.9 Å². The van der Waals surface area contributed by atoms with Crippen LogP contribution in [0.3, 0.4) is 0 Å². The lowest BCUT2D eigenvalue weighted by Gasteiger charge is -2.19. The fourth-order valence-electron chi connectivity index (χ4n) is 4.18. The number of rotatable bonds is 6. The molecule has 1 saturated carbocycles. The number of carbonyl (C=O) groups is 1. The molecule has 2 aliphatic rings. The number of aryl methyl sites for hydroxylation is 2. The molecule has 0 bridgehead atoms. The summed E-state index contributed by atoms with van der Waals surface area (Å²) in [4.78, 5) is 11.8. The third-order valence-electron chi connectivity index (χ3n) is 5.48. The highest BCUT2D eigenvalue weighted by molar-refractivity contribution is 7.89. The molecule has 4 rings (SSSR count). The molecule has 0 amide bonds. The Bertz CT molecular complexity index is 1060. The monoisotopic (exact) mass is 417 g/mol. The second-order valence-corrected chi connectivity index (χ2v) is 9.28. The maximum Gasteiger partial charge on any atom is 0.361 e. The van der Waals surface area contributed by atoms with Gasteiger partial charge < -0.3 is 14.6 Å². The van der Waals surface area contributed by atoms with E-state index in [0.29, 0.717) is 11.3 Å². The van der Waals surface area contributed by atoms with E-state index in [0.717, 1.165) is 30.4 Å². The molecule has 0 spiro atoms. The minimum atomic E-state index is -4.10. The van der Waals surface area contributed by atoms with Gasteiger partial charge in [0.15, 0.2) is 11.5 Å². The van der Waals surface area contributed by atoms with Crippen LogP contribution in [0.4, 0.5) is 0 Å². The van der Waals surface area contributed by atoms with Gasteiger partial charge in [-0.1, -0.05) is 29.8 Å². The van der Waals surface area contributed by atoms with Gasteiger partial charge in [-0.25, -0.2) is 13.2 Å². The van der Waals surface area contributed by atoms with Gasteiger partial charge in [0.25, 0.3) is 6.23 Å². The highest BCUT2D eigenvalue weighted by Gasteiger charge is 2.40. The van der Waals surface area contributed by atoms with E-state index >= 15 is 0 Å². The Labute approximate surface area is 169 Å². The van der Waals surface area contributed by atoms with Gasteiger partial charge in [0, 0.05) is 11.5 Å². The van der Waals surface area contributed by atoms with Crippen LogP contribution < -0.4 is 14.2 Å². The molecule has 3 atom stereocenters. The Balaban J connectivity index is 1.60. The number of hydrogen-bond acceptors (Lipinski definition) is 5. The molecule has 0 radical (unpaired) electrons. The van der Waals surface area contributed by atoms with Crippen molar-refractivity contribution in [1.82, 2.24) is 4.72 Å². The van der Waals surface area contributed by atoms with Crippen molar-refractivity contribution >= 4 is 16.0 Å². The summed E-state index contributed by atoms with van der Waals surface area (Å²) >= 11 is 0. The van der Waals surface area contributed by atoms with Crippen molar-refractivity contribution < 1.29 is 27.8 Å². The molecule has 1 fully saturated rings. The Morgan fingerprint density at radius 3 is 2.76 bits per heavy atom. The number of carboxylic acids is 1. The molecule has 0 saturated heterocycles. The highest BCUT2D eigenvalue weighted by Crippen LogP contribution is 2.50. The minimum Gasteiger partial charge on any atom is -0.486 e. The summed E-state index contributed by atoms with van der Waals surface area (Å²) in [5.74, 6) is -0.412. The zero-order valence-corrected chi connectivity index (χ0v) is 17.0. The van der Waals surface area contributed by atoms with Crippen LogP contribution in [0.2, 0.25) is 0 Å². The molecular formula is C21H23NO6S. The molecule has 2 N–H and O–H groups in total. The van der Waals surface area contributed by atoms with Gasteiger partial charge in [-0.05, 0) is 50.8 Å². The predicted octanol–water partition coefficient (Wildman–Crippen LogP) is 3.10. The van der Waals surface area contributed by atoms with Crippen LogP contribution in [-0.2, 0) is 14.8 Å². The molecule has 0 aromatic heterocycles. The lowest BCUT2D eigenvalue weighted by Crippen LogP contribution is -2.45. The van der Waals surface area contributed by atoms with Crippen LogP contribution in [0, 0.1) is 13.8 Å². The topological polar surface area (TPSA) is 102 Å². The number of benzene rings is 2. The van der Waals surface area contributed by atoms with Gasteiger partial charge in [0.05, 0.1) is 4.90 Å². The Morgan fingerprint density at radius 2 is 2.03 bits per heavy atom. The normalized spacial score (nSPS) is 21.2. The van der Waals surface area contributed by atoms with E-state index < -0.39 is 22.2 Å². The smallest absolute Gasteiger partial charge is 0.361 e. The number of sulfonamides is 1. The van der Waals surface area contributed by atoms with Gasteiger partial charge in [-0.2, -0.15) is 4.72 Å². The number of fused-ring (bicyclic) bond motifs is 3. The Hall–Kier alpha value is -2.58. The number of ether oxygens (including phenoxy) is 2. The summed E-state index contributed by atoms with van der Waals surface area (Å²) in [5.41, 5.74) is 2.43. The number of nitrogens with one attached hydrogen (secondary N) is 1. The Kier molecular flexibility index (Phi) is 5.00. The maximum absolute atomic E-state index is 12.8. The summed E-state index contributed by atoms with van der Waals surface area (Å²) in [6, 6.07) is 10.2. The third-order valence-corrected chi connectivity index (χ3v) is 7.04. The van der Waals surface area contributed by atoms with Crippen LogP contribution in [0.5, 0.6) is 11.5 Å². The summed E-state index contributed by atoms with van der Waals surface area (Å²) in [7, 11) is -4.10. The molecule has 7 nitrogen and oxygen atoms in total. The number of aliphatic carboxylic acids is 1. The van der Waals surface area contributed by atoms with Crippen LogP contribution in [0.15, 0.2) is 41.3 Å². The fraction of sp³-hybridized carbons (Fsp3) is 0.381. The largest absolute Gasteiger partial charge is 0.486 e. The molecule has 3 unspecified atom stereocenters. The van der Waals surface area contributed by atoms with Crippen molar-refractivity contribution in [2.24, 2.45) is 0 Å². The summed E-state index contributed by atoms with van der Waals surface area (Å²) < 4.78 is 39.3. The van der Waals surface area contributed by atoms with E-state index in [-0.39, 0.29) is 22.7 Å². The second-order valence-electron chi connectivity index (χ2n) is 7.59. The summed E-state index contributed by atoms with van der Waals surface area (Å²) in [5, 5.41) is 9.58. The van der Waals surface area contributed by atoms with E-state index in [1.807, 2.05) is 13.0 Å². The number of carboxylic acid groups (broad SMARTS) is 1. The second kappa shape index (κ2) is 7.35. The first-order valence-electron chi connectivity index (χ1n) is 9.55. The first-order valence-corrected chi connectivity index (χ1v) is 11.0.